The first kappa shape index (κ1) is 20.9. The van der Waals surface area contributed by atoms with Gasteiger partial charge in [-0.1, -0.05) is 47.5 Å². The van der Waals surface area contributed by atoms with Crippen molar-refractivity contribution in [3.8, 4) is 11.5 Å². The zero-order valence-corrected chi connectivity index (χ0v) is 17.0. The molecule has 0 unspecified atom stereocenters. The third-order valence-electron chi connectivity index (χ3n) is 4.24. The lowest BCUT2D eigenvalue weighted by atomic mass is 10.2. The molecule has 30 heavy (non-hydrogen) atoms. The number of aryl methyl sites for hydroxylation is 2. The maximum absolute atomic E-state index is 12.1. The molecular weight excluding hydrogens is 380 g/mol. The summed E-state index contributed by atoms with van der Waals surface area (Å²) in [5.74, 6) is 0.205. The molecule has 154 valence electrons. The number of hydrogen-bond donors (Lipinski definition) is 2. The highest BCUT2D eigenvalue weighted by Gasteiger charge is 2.10. The number of nitrogens with one attached hydrogen (secondary N) is 2. The molecule has 6 heteroatoms. The standard InChI is InChI=1S/C24H24N2O4/c1-17-7-11-19(12-8-17)25-23(27)15-29-21-5-3-4-6-22(21)30-16-24(28)26-20-13-9-18(2)10-14-20/h3-14H,15-16H2,1-2H3,(H,25,27)(H,26,28). The first-order valence-corrected chi connectivity index (χ1v) is 9.57. The van der Waals surface area contributed by atoms with E-state index in [4.69, 9.17) is 9.47 Å². The molecule has 0 fully saturated rings. The second kappa shape index (κ2) is 10.1. The maximum atomic E-state index is 12.1. The van der Waals surface area contributed by atoms with Crippen molar-refractivity contribution in [3.05, 3.63) is 83.9 Å². The minimum atomic E-state index is -0.286. The molecule has 2 amide bonds. The number of benzene rings is 3. The summed E-state index contributed by atoms with van der Waals surface area (Å²) < 4.78 is 11.2. The normalized spacial score (nSPS) is 10.2. The van der Waals surface area contributed by atoms with E-state index < -0.39 is 0 Å². The van der Waals surface area contributed by atoms with Gasteiger partial charge in [0.05, 0.1) is 0 Å². The summed E-state index contributed by atoms with van der Waals surface area (Å²) in [6.07, 6.45) is 0. The van der Waals surface area contributed by atoms with Crippen LogP contribution in [-0.4, -0.2) is 25.0 Å². The van der Waals surface area contributed by atoms with Gasteiger partial charge in [-0.3, -0.25) is 9.59 Å². The Kier molecular flexibility index (Phi) is 7.05. The lowest BCUT2D eigenvalue weighted by Crippen LogP contribution is -2.22. The van der Waals surface area contributed by atoms with E-state index in [1.54, 1.807) is 24.3 Å². The van der Waals surface area contributed by atoms with Crippen LogP contribution >= 0.6 is 0 Å². The van der Waals surface area contributed by atoms with Crippen LogP contribution in [-0.2, 0) is 9.59 Å². The first-order chi connectivity index (χ1) is 14.5. The van der Waals surface area contributed by atoms with Crippen LogP contribution in [0.2, 0.25) is 0 Å². The molecule has 0 aliphatic rings. The highest BCUT2D eigenvalue weighted by atomic mass is 16.5. The molecule has 2 N–H and O–H groups in total. The molecule has 0 aliphatic carbocycles. The third-order valence-corrected chi connectivity index (χ3v) is 4.24. The van der Waals surface area contributed by atoms with Crippen LogP contribution in [0.5, 0.6) is 11.5 Å². The predicted octanol–water partition coefficient (Wildman–Crippen LogP) is 4.34. The molecule has 0 saturated carbocycles. The summed E-state index contributed by atoms with van der Waals surface area (Å²) in [6, 6.07) is 21.9. The van der Waals surface area contributed by atoms with Crippen molar-refractivity contribution in [2.75, 3.05) is 23.8 Å². The smallest absolute Gasteiger partial charge is 0.262 e. The number of carbonyl (C=O) groups is 2. The molecule has 0 radical (unpaired) electrons. The summed E-state index contributed by atoms with van der Waals surface area (Å²) >= 11 is 0. The molecular formula is C24H24N2O4. The topological polar surface area (TPSA) is 76.7 Å². The highest BCUT2D eigenvalue weighted by Crippen LogP contribution is 2.26. The van der Waals surface area contributed by atoms with Gasteiger partial charge >= 0.3 is 0 Å². The van der Waals surface area contributed by atoms with Crippen LogP contribution < -0.4 is 20.1 Å². The van der Waals surface area contributed by atoms with Crippen molar-refractivity contribution >= 4 is 23.2 Å². The molecule has 6 nitrogen and oxygen atoms in total. The Morgan fingerprint density at radius 1 is 0.633 bits per heavy atom. The number of ether oxygens (including phenoxy) is 2. The molecule has 0 saturated heterocycles. The van der Waals surface area contributed by atoms with Gasteiger partial charge in [-0.05, 0) is 50.2 Å². The molecule has 0 aromatic heterocycles. The van der Waals surface area contributed by atoms with Crippen molar-refractivity contribution in [2.45, 2.75) is 13.8 Å². The number of para-hydroxylation sites is 2. The summed E-state index contributed by atoms with van der Waals surface area (Å²) in [7, 11) is 0. The van der Waals surface area contributed by atoms with E-state index in [-0.39, 0.29) is 25.0 Å². The number of hydrogen-bond acceptors (Lipinski definition) is 4. The van der Waals surface area contributed by atoms with Gasteiger partial charge < -0.3 is 20.1 Å². The summed E-state index contributed by atoms with van der Waals surface area (Å²) in [5.41, 5.74) is 3.63. The van der Waals surface area contributed by atoms with Crippen LogP contribution in [0.4, 0.5) is 11.4 Å². The Morgan fingerprint density at radius 2 is 1.00 bits per heavy atom. The zero-order valence-electron chi connectivity index (χ0n) is 17.0. The van der Waals surface area contributed by atoms with Crippen molar-refractivity contribution in [2.24, 2.45) is 0 Å². The van der Waals surface area contributed by atoms with Gasteiger partial charge in [-0.25, -0.2) is 0 Å². The fraction of sp³-hybridized carbons (Fsp3) is 0.167. The Morgan fingerprint density at radius 3 is 1.37 bits per heavy atom. The lowest BCUT2D eigenvalue weighted by Gasteiger charge is -2.13. The van der Waals surface area contributed by atoms with E-state index in [2.05, 4.69) is 10.6 Å². The number of carbonyl (C=O) groups excluding carboxylic acids is 2. The van der Waals surface area contributed by atoms with E-state index in [1.807, 2.05) is 62.4 Å². The van der Waals surface area contributed by atoms with E-state index in [9.17, 15) is 9.59 Å². The Hall–Kier alpha value is -3.80. The van der Waals surface area contributed by atoms with Gasteiger partial charge in [0.1, 0.15) is 0 Å². The number of anilines is 2. The van der Waals surface area contributed by atoms with E-state index in [1.165, 1.54) is 0 Å². The van der Waals surface area contributed by atoms with E-state index >= 15 is 0 Å². The predicted molar refractivity (Wildman–Crippen MR) is 117 cm³/mol. The van der Waals surface area contributed by atoms with Crippen LogP contribution in [0.3, 0.4) is 0 Å². The van der Waals surface area contributed by atoms with Crippen LogP contribution in [0.15, 0.2) is 72.8 Å². The van der Waals surface area contributed by atoms with Gasteiger partial charge in [0.2, 0.25) is 0 Å². The number of rotatable bonds is 8. The Balaban J connectivity index is 1.51. The Labute approximate surface area is 175 Å². The fourth-order valence-corrected chi connectivity index (χ4v) is 2.64. The van der Waals surface area contributed by atoms with Gasteiger partial charge in [-0.15, -0.1) is 0 Å². The van der Waals surface area contributed by atoms with E-state index in [0.29, 0.717) is 22.9 Å². The fourth-order valence-electron chi connectivity index (χ4n) is 2.64. The molecule has 0 bridgehead atoms. The molecule has 0 aliphatic heterocycles. The van der Waals surface area contributed by atoms with Gasteiger partial charge in [-0.2, -0.15) is 0 Å². The molecule has 0 heterocycles. The average Bonchev–Trinajstić information content (AvgIpc) is 2.74. The minimum Gasteiger partial charge on any atom is -0.480 e. The summed E-state index contributed by atoms with van der Waals surface area (Å²) in [6.45, 7) is 3.60. The van der Waals surface area contributed by atoms with Crippen LogP contribution in [0.1, 0.15) is 11.1 Å². The van der Waals surface area contributed by atoms with Gasteiger partial charge in [0.25, 0.3) is 11.8 Å². The van der Waals surface area contributed by atoms with Crippen LogP contribution in [0.25, 0.3) is 0 Å². The second-order valence-corrected chi connectivity index (χ2v) is 6.85. The average molecular weight is 404 g/mol. The van der Waals surface area contributed by atoms with Crippen molar-refractivity contribution < 1.29 is 19.1 Å². The molecule has 0 spiro atoms. The van der Waals surface area contributed by atoms with Crippen molar-refractivity contribution in [1.29, 1.82) is 0 Å². The van der Waals surface area contributed by atoms with Crippen molar-refractivity contribution in [1.82, 2.24) is 0 Å². The monoisotopic (exact) mass is 404 g/mol. The summed E-state index contributed by atoms with van der Waals surface area (Å²) in [5, 5.41) is 5.54. The summed E-state index contributed by atoms with van der Waals surface area (Å²) in [4.78, 5) is 24.3. The molecule has 3 aromatic carbocycles. The van der Waals surface area contributed by atoms with Gasteiger partial charge in [0.15, 0.2) is 24.7 Å². The lowest BCUT2D eigenvalue weighted by molar-refractivity contribution is -0.119. The SMILES string of the molecule is Cc1ccc(NC(=O)COc2ccccc2OCC(=O)Nc2ccc(C)cc2)cc1. The van der Waals surface area contributed by atoms with Gasteiger partial charge in [0, 0.05) is 11.4 Å². The minimum absolute atomic E-state index is 0.177. The van der Waals surface area contributed by atoms with Crippen molar-refractivity contribution in [3.63, 3.8) is 0 Å². The third kappa shape index (κ3) is 6.38. The Bertz CT molecular complexity index is 916. The highest BCUT2D eigenvalue weighted by molar-refractivity contribution is 5.92. The second-order valence-electron chi connectivity index (χ2n) is 6.85. The van der Waals surface area contributed by atoms with Crippen LogP contribution in [0, 0.1) is 13.8 Å². The first-order valence-electron chi connectivity index (χ1n) is 9.57. The molecule has 3 aromatic rings. The molecule has 0 atom stereocenters. The quantitative estimate of drug-likeness (QED) is 0.586. The largest absolute Gasteiger partial charge is 0.480 e. The number of amides is 2. The zero-order chi connectivity index (χ0) is 21.3. The molecule has 3 rings (SSSR count). The van der Waals surface area contributed by atoms with E-state index in [0.717, 1.165) is 11.1 Å². The maximum Gasteiger partial charge on any atom is 0.262 e.